The lowest BCUT2D eigenvalue weighted by molar-refractivity contribution is -0.118. The zero-order valence-corrected chi connectivity index (χ0v) is 13.8. The molecule has 0 atom stereocenters. The van der Waals surface area contributed by atoms with Crippen LogP contribution in [0.4, 0.5) is 10.1 Å². The van der Waals surface area contributed by atoms with Crippen LogP contribution < -0.4 is 4.90 Å². The number of halogens is 1. The van der Waals surface area contributed by atoms with Crippen molar-refractivity contribution in [2.45, 2.75) is 19.4 Å². The van der Waals surface area contributed by atoms with E-state index >= 15 is 0 Å². The van der Waals surface area contributed by atoms with Crippen molar-refractivity contribution in [1.29, 1.82) is 0 Å². The summed E-state index contributed by atoms with van der Waals surface area (Å²) in [7, 11) is 0. The summed E-state index contributed by atoms with van der Waals surface area (Å²) in [6.45, 7) is 0.410. The summed E-state index contributed by atoms with van der Waals surface area (Å²) in [4.78, 5) is 18.6. The van der Waals surface area contributed by atoms with E-state index in [4.69, 9.17) is 0 Å². The summed E-state index contributed by atoms with van der Waals surface area (Å²) in [6, 6.07) is 19.7. The monoisotopic (exact) mass is 334 g/mol. The Morgan fingerprint density at radius 1 is 0.920 bits per heavy atom. The molecule has 0 aliphatic rings. The summed E-state index contributed by atoms with van der Waals surface area (Å²) in [6.07, 6.45) is 4.50. The number of anilines is 1. The molecule has 126 valence electrons. The molecule has 0 N–H and O–H groups in total. The van der Waals surface area contributed by atoms with Gasteiger partial charge >= 0.3 is 0 Å². The molecule has 0 aliphatic heterocycles. The van der Waals surface area contributed by atoms with Crippen LogP contribution in [0.25, 0.3) is 0 Å². The first-order valence-electron chi connectivity index (χ1n) is 8.21. The van der Waals surface area contributed by atoms with Gasteiger partial charge in [0, 0.05) is 24.5 Å². The number of hydrogen-bond donors (Lipinski definition) is 0. The Morgan fingerprint density at radius 3 is 2.32 bits per heavy atom. The Balaban J connectivity index is 1.77. The van der Waals surface area contributed by atoms with Crippen LogP contribution in [0.2, 0.25) is 0 Å². The average molecular weight is 334 g/mol. The van der Waals surface area contributed by atoms with Crippen molar-refractivity contribution in [1.82, 2.24) is 4.98 Å². The molecule has 0 saturated carbocycles. The first kappa shape index (κ1) is 16.8. The van der Waals surface area contributed by atoms with Gasteiger partial charge in [-0.1, -0.05) is 36.4 Å². The van der Waals surface area contributed by atoms with Gasteiger partial charge in [-0.3, -0.25) is 9.78 Å². The first-order chi connectivity index (χ1) is 12.2. The van der Waals surface area contributed by atoms with Crippen LogP contribution in [0, 0.1) is 5.82 Å². The molecule has 3 nitrogen and oxygen atoms in total. The normalized spacial score (nSPS) is 10.4. The fourth-order valence-electron chi connectivity index (χ4n) is 2.65. The molecule has 2 aromatic carbocycles. The number of amides is 1. The highest BCUT2D eigenvalue weighted by Crippen LogP contribution is 2.19. The fourth-order valence-corrected chi connectivity index (χ4v) is 2.65. The van der Waals surface area contributed by atoms with Crippen molar-refractivity contribution in [2.24, 2.45) is 0 Å². The van der Waals surface area contributed by atoms with Crippen LogP contribution in [0.3, 0.4) is 0 Å². The number of aromatic nitrogens is 1. The minimum atomic E-state index is -0.318. The Bertz CT molecular complexity index is 804. The number of hydrogen-bond acceptors (Lipinski definition) is 2. The van der Waals surface area contributed by atoms with E-state index in [1.807, 2.05) is 42.5 Å². The van der Waals surface area contributed by atoms with Crippen LogP contribution >= 0.6 is 0 Å². The van der Waals surface area contributed by atoms with Gasteiger partial charge in [-0.25, -0.2) is 4.39 Å². The number of rotatable bonds is 6. The van der Waals surface area contributed by atoms with Gasteiger partial charge in [0.05, 0.1) is 6.54 Å². The van der Waals surface area contributed by atoms with Crippen molar-refractivity contribution in [3.8, 4) is 0 Å². The minimum absolute atomic E-state index is 0.000635. The quantitative estimate of drug-likeness (QED) is 0.670. The molecule has 25 heavy (non-hydrogen) atoms. The third-order valence-electron chi connectivity index (χ3n) is 3.97. The molecule has 4 heteroatoms. The molecule has 0 unspecified atom stereocenters. The molecule has 0 fully saturated rings. The van der Waals surface area contributed by atoms with Gasteiger partial charge in [0.1, 0.15) is 5.82 Å². The maximum atomic E-state index is 13.2. The second-order valence-corrected chi connectivity index (χ2v) is 5.80. The molecular weight excluding hydrogens is 315 g/mol. The Morgan fingerprint density at radius 2 is 1.64 bits per heavy atom. The number of carbonyl (C=O) groups excluding carboxylic acids is 1. The molecule has 0 aliphatic carbocycles. The standard InChI is InChI=1S/C21H19FN2O/c22-19-9-11-20(12-10-19)24(16-18-7-4-14-23-15-18)21(25)13-8-17-5-2-1-3-6-17/h1-7,9-12,14-15H,8,13,16H2. The third kappa shape index (κ3) is 4.73. The molecule has 0 spiro atoms. The molecule has 3 aromatic rings. The highest BCUT2D eigenvalue weighted by atomic mass is 19.1. The second kappa shape index (κ2) is 8.20. The maximum Gasteiger partial charge on any atom is 0.227 e. The van der Waals surface area contributed by atoms with Crippen LogP contribution in [-0.4, -0.2) is 10.9 Å². The van der Waals surface area contributed by atoms with Gasteiger partial charge in [0.25, 0.3) is 0 Å². The van der Waals surface area contributed by atoms with E-state index in [1.54, 1.807) is 29.4 Å². The zero-order chi connectivity index (χ0) is 17.5. The third-order valence-corrected chi connectivity index (χ3v) is 3.97. The lowest BCUT2D eigenvalue weighted by atomic mass is 10.1. The lowest BCUT2D eigenvalue weighted by Gasteiger charge is -2.23. The Kier molecular flexibility index (Phi) is 5.52. The molecule has 0 saturated heterocycles. The van der Waals surface area contributed by atoms with E-state index in [2.05, 4.69) is 4.98 Å². The fraction of sp³-hybridized carbons (Fsp3) is 0.143. The number of benzene rings is 2. The topological polar surface area (TPSA) is 33.2 Å². The molecule has 1 amide bonds. The predicted octanol–water partition coefficient (Wildman–Crippen LogP) is 4.39. The van der Waals surface area contributed by atoms with Gasteiger partial charge in [-0.05, 0) is 47.9 Å². The van der Waals surface area contributed by atoms with Crippen LogP contribution in [0.1, 0.15) is 17.5 Å². The van der Waals surface area contributed by atoms with Crippen molar-refractivity contribution in [2.75, 3.05) is 4.90 Å². The zero-order valence-electron chi connectivity index (χ0n) is 13.8. The second-order valence-electron chi connectivity index (χ2n) is 5.80. The molecule has 1 heterocycles. The Labute approximate surface area is 146 Å². The average Bonchev–Trinajstić information content (AvgIpc) is 2.67. The van der Waals surface area contributed by atoms with Crippen LogP contribution in [-0.2, 0) is 17.8 Å². The molecule has 0 bridgehead atoms. The van der Waals surface area contributed by atoms with Crippen LogP contribution in [0.5, 0.6) is 0 Å². The van der Waals surface area contributed by atoms with Gasteiger partial charge in [-0.15, -0.1) is 0 Å². The number of pyridine rings is 1. The lowest BCUT2D eigenvalue weighted by Crippen LogP contribution is -2.30. The van der Waals surface area contributed by atoms with E-state index in [9.17, 15) is 9.18 Å². The molecular formula is C21H19FN2O. The molecule has 3 rings (SSSR count). The highest BCUT2D eigenvalue weighted by Gasteiger charge is 2.16. The predicted molar refractivity (Wildman–Crippen MR) is 96.6 cm³/mol. The number of aryl methyl sites for hydroxylation is 1. The van der Waals surface area contributed by atoms with Gasteiger partial charge in [0.2, 0.25) is 5.91 Å². The number of carbonyl (C=O) groups is 1. The van der Waals surface area contributed by atoms with E-state index in [1.165, 1.54) is 12.1 Å². The van der Waals surface area contributed by atoms with E-state index in [0.29, 0.717) is 25.1 Å². The van der Waals surface area contributed by atoms with Crippen molar-refractivity contribution in [3.05, 3.63) is 96.1 Å². The van der Waals surface area contributed by atoms with E-state index in [0.717, 1.165) is 11.1 Å². The first-order valence-corrected chi connectivity index (χ1v) is 8.21. The van der Waals surface area contributed by atoms with E-state index in [-0.39, 0.29) is 11.7 Å². The van der Waals surface area contributed by atoms with Crippen LogP contribution in [0.15, 0.2) is 79.1 Å². The van der Waals surface area contributed by atoms with Gasteiger partial charge in [-0.2, -0.15) is 0 Å². The molecule has 0 radical (unpaired) electrons. The highest BCUT2D eigenvalue weighted by molar-refractivity contribution is 5.93. The summed E-state index contributed by atoms with van der Waals surface area (Å²) in [5.41, 5.74) is 2.74. The molecule has 1 aromatic heterocycles. The SMILES string of the molecule is O=C(CCc1ccccc1)N(Cc1cccnc1)c1ccc(F)cc1. The summed E-state index contributed by atoms with van der Waals surface area (Å²) in [5, 5.41) is 0. The van der Waals surface area contributed by atoms with Gasteiger partial charge < -0.3 is 4.90 Å². The maximum absolute atomic E-state index is 13.2. The largest absolute Gasteiger partial charge is 0.308 e. The summed E-state index contributed by atoms with van der Waals surface area (Å²) >= 11 is 0. The number of nitrogens with zero attached hydrogens (tertiary/aromatic N) is 2. The van der Waals surface area contributed by atoms with Crippen molar-refractivity contribution >= 4 is 11.6 Å². The minimum Gasteiger partial charge on any atom is -0.308 e. The van der Waals surface area contributed by atoms with Gasteiger partial charge in [0.15, 0.2) is 0 Å². The Hall–Kier alpha value is -3.01. The van der Waals surface area contributed by atoms with Crippen molar-refractivity contribution in [3.63, 3.8) is 0 Å². The van der Waals surface area contributed by atoms with E-state index < -0.39 is 0 Å². The smallest absolute Gasteiger partial charge is 0.227 e. The summed E-state index contributed by atoms with van der Waals surface area (Å²) < 4.78 is 13.2. The van der Waals surface area contributed by atoms with Crippen molar-refractivity contribution < 1.29 is 9.18 Å². The summed E-state index contributed by atoms with van der Waals surface area (Å²) in [5.74, 6) is -0.318.